The molecule has 4 heteroatoms. The number of primary amides is 1. The fourth-order valence-electron chi connectivity index (χ4n) is 2.23. The highest BCUT2D eigenvalue weighted by atomic mass is 35.5. The Morgan fingerprint density at radius 3 is 2.47 bits per heavy atom. The van der Waals surface area contributed by atoms with E-state index in [4.69, 9.17) is 5.73 Å². The number of rotatable bonds is 1. The van der Waals surface area contributed by atoms with Crippen LogP contribution in [0.25, 0.3) is 10.9 Å². The van der Waals surface area contributed by atoms with E-state index in [9.17, 15) is 4.79 Å². The number of aromatic nitrogens is 1. The van der Waals surface area contributed by atoms with Crippen molar-refractivity contribution >= 4 is 29.2 Å². The van der Waals surface area contributed by atoms with Crippen LogP contribution in [0.15, 0.2) is 18.2 Å². The number of nitrogens with two attached hydrogens (primary N) is 1. The van der Waals surface area contributed by atoms with Crippen LogP contribution in [-0.2, 0) is 0 Å². The van der Waals surface area contributed by atoms with Crippen LogP contribution in [0.5, 0.6) is 0 Å². The largest absolute Gasteiger partial charge is 0.366 e. The van der Waals surface area contributed by atoms with E-state index in [1.807, 2.05) is 39.0 Å². The summed E-state index contributed by atoms with van der Waals surface area (Å²) >= 11 is 0. The number of fused-ring (bicyclic) bond motifs is 1. The highest BCUT2D eigenvalue weighted by Crippen LogP contribution is 2.25. The number of hydrogen-bond donors (Lipinski definition) is 1. The van der Waals surface area contributed by atoms with Gasteiger partial charge in [-0.1, -0.05) is 12.1 Å². The van der Waals surface area contributed by atoms with Crippen LogP contribution in [0, 0.1) is 20.8 Å². The van der Waals surface area contributed by atoms with Crippen molar-refractivity contribution in [1.29, 1.82) is 0 Å². The molecule has 0 unspecified atom stereocenters. The van der Waals surface area contributed by atoms with E-state index in [1.165, 1.54) is 0 Å². The van der Waals surface area contributed by atoms with Crippen molar-refractivity contribution in [2.24, 2.45) is 5.73 Å². The molecule has 1 amide bonds. The second-order valence-electron chi connectivity index (χ2n) is 4.03. The predicted molar refractivity (Wildman–Crippen MR) is 71.7 cm³/mol. The molecule has 2 aromatic rings. The maximum Gasteiger partial charge on any atom is 0.250 e. The minimum Gasteiger partial charge on any atom is -0.366 e. The quantitative estimate of drug-likeness (QED) is 0.846. The van der Waals surface area contributed by atoms with Gasteiger partial charge in [-0.2, -0.15) is 0 Å². The SMILES string of the molecule is Cc1nc2cccc(C)c2c(C)c1C(N)=O.Cl. The molecular weight excluding hydrogens is 236 g/mol. The number of amides is 1. The molecule has 0 aliphatic carbocycles. The maximum absolute atomic E-state index is 11.4. The Bertz CT molecular complexity index is 593. The van der Waals surface area contributed by atoms with Gasteiger partial charge in [0.1, 0.15) is 0 Å². The Balaban J connectivity index is 0.00000144. The summed E-state index contributed by atoms with van der Waals surface area (Å²) in [5.41, 5.74) is 9.57. The average Bonchev–Trinajstić information content (AvgIpc) is 2.15. The molecule has 2 N–H and O–H groups in total. The normalized spacial score (nSPS) is 10.1. The zero-order valence-corrected chi connectivity index (χ0v) is 10.9. The predicted octanol–water partition coefficient (Wildman–Crippen LogP) is 2.68. The molecule has 0 aliphatic heterocycles. The molecule has 2 rings (SSSR count). The first-order valence-corrected chi connectivity index (χ1v) is 5.18. The molecule has 1 aromatic carbocycles. The zero-order valence-electron chi connectivity index (χ0n) is 10.1. The zero-order chi connectivity index (χ0) is 11.9. The minimum absolute atomic E-state index is 0. The first-order chi connectivity index (χ1) is 7.52. The lowest BCUT2D eigenvalue weighted by atomic mass is 9.98. The van der Waals surface area contributed by atoms with E-state index in [2.05, 4.69) is 4.98 Å². The van der Waals surface area contributed by atoms with Crippen molar-refractivity contribution in [3.8, 4) is 0 Å². The third kappa shape index (κ3) is 2.11. The molecule has 1 heterocycles. The van der Waals surface area contributed by atoms with Gasteiger partial charge in [0.2, 0.25) is 0 Å². The molecule has 90 valence electrons. The van der Waals surface area contributed by atoms with Gasteiger partial charge in [0.15, 0.2) is 0 Å². The van der Waals surface area contributed by atoms with Gasteiger partial charge in [-0.05, 0) is 38.0 Å². The molecule has 0 saturated carbocycles. The summed E-state index contributed by atoms with van der Waals surface area (Å²) in [6, 6.07) is 5.93. The van der Waals surface area contributed by atoms with Crippen LogP contribution in [-0.4, -0.2) is 10.9 Å². The van der Waals surface area contributed by atoms with Crippen LogP contribution < -0.4 is 5.73 Å². The first-order valence-electron chi connectivity index (χ1n) is 5.18. The molecule has 3 nitrogen and oxygen atoms in total. The Labute approximate surface area is 106 Å². The van der Waals surface area contributed by atoms with Gasteiger partial charge >= 0.3 is 0 Å². The van der Waals surface area contributed by atoms with Gasteiger partial charge < -0.3 is 5.73 Å². The molecule has 1 aromatic heterocycles. The van der Waals surface area contributed by atoms with Crippen LogP contribution in [0.1, 0.15) is 27.2 Å². The summed E-state index contributed by atoms with van der Waals surface area (Å²) < 4.78 is 0. The number of pyridine rings is 1. The first kappa shape index (κ1) is 13.5. The van der Waals surface area contributed by atoms with Crippen LogP contribution >= 0.6 is 12.4 Å². The lowest BCUT2D eigenvalue weighted by molar-refractivity contribution is 0.0999. The molecule has 0 fully saturated rings. The summed E-state index contributed by atoms with van der Waals surface area (Å²) in [4.78, 5) is 15.8. The van der Waals surface area contributed by atoms with Gasteiger partial charge in [0.25, 0.3) is 5.91 Å². The Morgan fingerprint density at radius 2 is 1.88 bits per heavy atom. The Kier molecular flexibility index (Phi) is 3.73. The number of carbonyl (C=O) groups excluding carboxylic acids is 1. The van der Waals surface area contributed by atoms with E-state index in [0.717, 1.165) is 22.0 Å². The second-order valence-corrected chi connectivity index (χ2v) is 4.03. The third-order valence-corrected chi connectivity index (χ3v) is 2.90. The second kappa shape index (κ2) is 4.72. The van der Waals surface area contributed by atoms with E-state index in [1.54, 1.807) is 0 Å². The van der Waals surface area contributed by atoms with Crippen molar-refractivity contribution in [2.45, 2.75) is 20.8 Å². The third-order valence-electron chi connectivity index (χ3n) is 2.90. The van der Waals surface area contributed by atoms with Crippen molar-refractivity contribution in [2.75, 3.05) is 0 Å². The van der Waals surface area contributed by atoms with Gasteiger partial charge in [-0.15, -0.1) is 12.4 Å². The van der Waals surface area contributed by atoms with E-state index >= 15 is 0 Å². The lowest BCUT2D eigenvalue weighted by Crippen LogP contribution is -2.16. The number of nitrogens with zero attached hydrogens (tertiary/aromatic N) is 1. The van der Waals surface area contributed by atoms with Gasteiger partial charge in [-0.25, -0.2) is 0 Å². The molecular formula is C13H15ClN2O. The lowest BCUT2D eigenvalue weighted by Gasteiger charge is -2.11. The van der Waals surface area contributed by atoms with Crippen molar-refractivity contribution in [3.63, 3.8) is 0 Å². The molecule has 0 radical (unpaired) electrons. The van der Waals surface area contributed by atoms with Crippen molar-refractivity contribution < 1.29 is 4.79 Å². The minimum atomic E-state index is -0.410. The van der Waals surface area contributed by atoms with Crippen LogP contribution in [0.4, 0.5) is 0 Å². The van der Waals surface area contributed by atoms with Crippen molar-refractivity contribution in [1.82, 2.24) is 4.98 Å². The molecule has 0 bridgehead atoms. The highest BCUT2D eigenvalue weighted by molar-refractivity contribution is 6.01. The summed E-state index contributed by atoms with van der Waals surface area (Å²) in [6.07, 6.45) is 0. The number of halogens is 1. The summed E-state index contributed by atoms with van der Waals surface area (Å²) in [5.74, 6) is -0.410. The van der Waals surface area contributed by atoms with Crippen LogP contribution in [0.3, 0.4) is 0 Å². The smallest absolute Gasteiger partial charge is 0.250 e. The Morgan fingerprint density at radius 1 is 1.24 bits per heavy atom. The van der Waals surface area contributed by atoms with Crippen molar-refractivity contribution in [3.05, 3.63) is 40.6 Å². The number of hydrogen-bond acceptors (Lipinski definition) is 2. The van der Waals surface area contributed by atoms with E-state index in [0.29, 0.717) is 11.3 Å². The summed E-state index contributed by atoms with van der Waals surface area (Å²) in [6.45, 7) is 5.75. The topological polar surface area (TPSA) is 56.0 Å². The maximum atomic E-state index is 11.4. The van der Waals surface area contributed by atoms with Gasteiger partial charge in [0.05, 0.1) is 16.8 Å². The number of benzene rings is 1. The van der Waals surface area contributed by atoms with E-state index < -0.39 is 5.91 Å². The molecule has 0 spiro atoms. The van der Waals surface area contributed by atoms with E-state index in [-0.39, 0.29) is 12.4 Å². The highest BCUT2D eigenvalue weighted by Gasteiger charge is 2.14. The molecule has 0 atom stereocenters. The monoisotopic (exact) mass is 250 g/mol. The van der Waals surface area contributed by atoms with Crippen LogP contribution in [0.2, 0.25) is 0 Å². The average molecular weight is 251 g/mol. The fraction of sp³-hybridized carbons (Fsp3) is 0.231. The molecule has 0 aliphatic rings. The summed E-state index contributed by atoms with van der Waals surface area (Å²) in [7, 11) is 0. The fourth-order valence-corrected chi connectivity index (χ4v) is 2.23. The molecule has 0 saturated heterocycles. The van der Waals surface area contributed by atoms with Gasteiger partial charge in [-0.3, -0.25) is 9.78 Å². The standard InChI is InChI=1S/C13H14N2O.ClH/c1-7-5-4-6-10-11(7)8(2)12(13(14)16)9(3)15-10;/h4-6H,1-3H3,(H2,14,16);1H. The molecule has 17 heavy (non-hydrogen) atoms. The Hall–Kier alpha value is -1.61. The number of aryl methyl sites for hydroxylation is 3. The van der Waals surface area contributed by atoms with Gasteiger partial charge in [0, 0.05) is 5.39 Å². The summed E-state index contributed by atoms with van der Waals surface area (Å²) in [5, 5.41) is 1.03. The number of carbonyl (C=O) groups is 1.